The molecule has 18 heavy (non-hydrogen) atoms. The van der Waals surface area contributed by atoms with Gasteiger partial charge in [-0.3, -0.25) is 4.90 Å². The summed E-state index contributed by atoms with van der Waals surface area (Å²) in [7, 11) is 0. The summed E-state index contributed by atoms with van der Waals surface area (Å²) in [5, 5.41) is 3.74. The van der Waals surface area contributed by atoms with Crippen LogP contribution in [0.3, 0.4) is 0 Å². The molecule has 1 heterocycles. The van der Waals surface area contributed by atoms with E-state index in [9.17, 15) is 0 Å². The Morgan fingerprint density at radius 1 is 1.17 bits per heavy atom. The third kappa shape index (κ3) is 3.96. The Kier molecular flexibility index (Phi) is 5.67. The molecule has 2 nitrogen and oxygen atoms in total. The van der Waals surface area contributed by atoms with E-state index < -0.39 is 0 Å². The number of hydrogen-bond donors (Lipinski definition) is 1. The minimum atomic E-state index is 0.270. The molecule has 1 fully saturated rings. The molecular weight excluding hydrogens is 220 g/mol. The summed E-state index contributed by atoms with van der Waals surface area (Å²) >= 11 is 0. The van der Waals surface area contributed by atoms with Crippen molar-refractivity contribution in [1.29, 1.82) is 0 Å². The fourth-order valence-electron chi connectivity index (χ4n) is 3.17. The lowest BCUT2D eigenvalue weighted by atomic mass is 9.84. The number of nitrogens with zero attached hydrogens (tertiary/aromatic N) is 1. The van der Waals surface area contributed by atoms with E-state index in [1.165, 1.54) is 38.8 Å². The maximum atomic E-state index is 3.74. The Bertz CT molecular complexity index is 241. The molecule has 0 saturated carbocycles. The maximum absolute atomic E-state index is 3.74. The van der Waals surface area contributed by atoms with Crippen molar-refractivity contribution in [3.63, 3.8) is 0 Å². The summed E-state index contributed by atoms with van der Waals surface area (Å²) in [5.74, 6) is 0.832. The molecule has 1 rings (SSSR count). The Balaban J connectivity index is 2.65. The second kappa shape index (κ2) is 6.38. The van der Waals surface area contributed by atoms with Gasteiger partial charge in [0, 0.05) is 24.2 Å². The van der Waals surface area contributed by atoms with Gasteiger partial charge in [0.15, 0.2) is 0 Å². The summed E-state index contributed by atoms with van der Waals surface area (Å²) in [6, 6.07) is 0. The van der Waals surface area contributed by atoms with Gasteiger partial charge in [0.05, 0.1) is 0 Å². The van der Waals surface area contributed by atoms with Gasteiger partial charge in [-0.25, -0.2) is 0 Å². The molecule has 0 bridgehead atoms. The van der Waals surface area contributed by atoms with Crippen LogP contribution in [0.25, 0.3) is 0 Å². The van der Waals surface area contributed by atoms with Crippen molar-refractivity contribution in [3.05, 3.63) is 0 Å². The number of hydrogen-bond acceptors (Lipinski definition) is 2. The Morgan fingerprint density at radius 2 is 1.78 bits per heavy atom. The van der Waals surface area contributed by atoms with Crippen LogP contribution in [0.5, 0.6) is 0 Å². The highest BCUT2D eigenvalue weighted by molar-refractivity contribution is 5.00. The molecule has 0 unspecified atom stereocenters. The lowest BCUT2D eigenvalue weighted by molar-refractivity contribution is 0.00733. The van der Waals surface area contributed by atoms with E-state index >= 15 is 0 Å². The molecule has 1 saturated heterocycles. The van der Waals surface area contributed by atoms with E-state index in [1.807, 2.05) is 0 Å². The van der Waals surface area contributed by atoms with E-state index in [0.717, 1.165) is 12.5 Å². The third-order valence-corrected chi connectivity index (χ3v) is 4.68. The van der Waals surface area contributed by atoms with Gasteiger partial charge >= 0.3 is 0 Å². The van der Waals surface area contributed by atoms with Gasteiger partial charge in [0.2, 0.25) is 0 Å². The highest BCUT2D eigenvalue weighted by atomic mass is 15.3. The van der Waals surface area contributed by atoms with Gasteiger partial charge in [-0.15, -0.1) is 0 Å². The Morgan fingerprint density at radius 3 is 2.28 bits per heavy atom. The van der Waals surface area contributed by atoms with Crippen LogP contribution >= 0.6 is 0 Å². The highest BCUT2D eigenvalue weighted by Gasteiger charge is 2.41. The molecule has 0 spiro atoms. The van der Waals surface area contributed by atoms with Crippen molar-refractivity contribution in [2.75, 3.05) is 19.6 Å². The summed E-state index contributed by atoms with van der Waals surface area (Å²) in [4.78, 5) is 2.77. The van der Waals surface area contributed by atoms with E-state index in [4.69, 9.17) is 0 Å². The minimum absolute atomic E-state index is 0.270. The van der Waals surface area contributed by atoms with Gasteiger partial charge in [-0.1, -0.05) is 27.7 Å². The quantitative estimate of drug-likeness (QED) is 0.778. The average Bonchev–Trinajstić information content (AvgIpc) is 2.29. The van der Waals surface area contributed by atoms with E-state index in [-0.39, 0.29) is 5.54 Å². The largest absolute Gasteiger partial charge is 0.309 e. The van der Waals surface area contributed by atoms with Crippen LogP contribution in [0, 0.1) is 5.92 Å². The Labute approximate surface area is 115 Å². The van der Waals surface area contributed by atoms with Gasteiger partial charge in [0.25, 0.3) is 0 Å². The molecule has 1 aliphatic heterocycles. The zero-order valence-electron chi connectivity index (χ0n) is 13.5. The van der Waals surface area contributed by atoms with E-state index in [0.29, 0.717) is 5.54 Å². The minimum Gasteiger partial charge on any atom is -0.309 e. The van der Waals surface area contributed by atoms with Crippen LogP contribution in [0.2, 0.25) is 0 Å². The molecule has 2 heteroatoms. The SMILES string of the molecule is CCC1(CC)CNC(C)(C)CN1CCCC(C)C. The Hall–Kier alpha value is -0.0800. The molecular formula is C16H34N2. The van der Waals surface area contributed by atoms with E-state index in [1.54, 1.807) is 0 Å². The van der Waals surface area contributed by atoms with Crippen LogP contribution in [0.15, 0.2) is 0 Å². The zero-order valence-corrected chi connectivity index (χ0v) is 13.5. The first kappa shape index (κ1) is 16.0. The number of nitrogens with one attached hydrogen (secondary N) is 1. The van der Waals surface area contributed by atoms with Crippen molar-refractivity contribution >= 4 is 0 Å². The molecule has 0 aromatic carbocycles. The highest BCUT2D eigenvalue weighted by Crippen LogP contribution is 2.30. The van der Waals surface area contributed by atoms with Crippen LogP contribution < -0.4 is 5.32 Å². The van der Waals surface area contributed by atoms with Crippen LogP contribution in [0.4, 0.5) is 0 Å². The molecule has 1 N–H and O–H groups in total. The predicted molar refractivity (Wildman–Crippen MR) is 81.0 cm³/mol. The first-order valence-corrected chi connectivity index (χ1v) is 7.85. The molecule has 0 aromatic heterocycles. The predicted octanol–water partition coefficient (Wildman–Crippen LogP) is 3.67. The lowest BCUT2D eigenvalue weighted by Gasteiger charge is -2.52. The maximum Gasteiger partial charge on any atom is 0.0329 e. The smallest absolute Gasteiger partial charge is 0.0329 e. The van der Waals surface area contributed by atoms with Crippen molar-refractivity contribution < 1.29 is 0 Å². The summed E-state index contributed by atoms with van der Waals surface area (Å²) < 4.78 is 0. The monoisotopic (exact) mass is 254 g/mol. The molecule has 0 aromatic rings. The second-order valence-electron chi connectivity index (χ2n) is 7.13. The van der Waals surface area contributed by atoms with Crippen molar-refractivity contribution in [1.82, 2.24) is 10.2 Å². The van der Waals surface area contributed by atoms with Crippen molar-refractivity contribution in [3.8, 4) is 0 Å². The summed E-state index contributed by atoms with van der Waals surface area (Å²) in [6.45, 7) is 17.6. The first-order valence-electron chi connectivity index (χ1n) is 7.85. The molecule has 1 aliphatic rings. The summed E-state index contributed by atoms with van der Waals surface area (Å²) in [6.07, 6.45) is 5.21. The van der Waals surface area contributed by atoms with Crippen LogP contribution in [-0.4, -0.2) is 35.6 Å². The lowest BCUT2D eigenvalue weighted by Crippen LogP contribution is -2.68. The normalized spacial score (nSPS) is 23.5. The number of rotatable bonds is 6. The van der Waals surface area contributed by atoms with Gasteiger partial charge in [-0.05, 0) is 52.0 Å². The zero-order chi connectivity index (χ0) is 13.8. The fraction of sp³-hybridized carbons (Fsp3) is 1.00. The van der Waals surface area contributed by atoms with Crippen LogP contribution in [0.1, 0.15) is 67.2 Å². The standard InChI is InChI=1S/C16H34N2/c1-7-16(8-2)12-17-15(5,6)13-18(16)11-9-10-14(3)4/h14,17H,7-13H2,1-6H3. The topological polar surface area (TPSA) is 15.3 Å². The average molecular weight is 254 g/mol. The molecule has 108 valence electrons. The van der Waals surface area contributed by atoms with Gasteiger partial charge in [0.1, 0.15) is 0 Å². The van der Waals surface area contributed by atoms with Crippen LogP contribution in [-0.2, 0) is 0 Å². The number of piperazine rings is 1. The van der Waals surface area contributed by atoms with Crippen molar-refractivity contribution in [2.24, 2.45) is 5.92 Å². The summed E-state index contributed by atoms with van der Waals surface area (Å²) in [5.41, 5.74) is 0.665. The van der Waals surface area contributed by atoms with Gasteiger partial charge < -0.3 is 5.32 Å². The first-order chi connectivity index (χ1) is 8.35. The van der Waals surface area contributed by atoms with Crippen molar-refractivity contribution in [2.45, 2.75) is 78.3 Å². The molecule has 0 atom stereocenters. The fourth-order valence-corrected chi connectivity index (χ4v) is 3.17. The van der Waals surface area contributed by atoms with Gasteiger partial charge in [-0.2, -0.15) is 0 Å². The third-order valence-electron chi connectivity index (χ3n) is 4.68. The molecule has 0 aliphatic carbocycles. The van der Waals surface area contributed by atoms with E-state index in [2.05, 4.69) is 51.8 Å². The molecule has 0 radical (unpaired) electrons. The molecule has 0 amide bonds. The second-order valence-corrected chi connectivity index (χ2v) is 7.13.